The van der Waals surface area contributed by atoms with Crippen molar-refractivity contribution in [3.8, 4) is 12.3 Å². The van der Waals surface area contributed by atoms with Gasteiger partial charge in [0.2, 0.25) is 5.91 Å². The largest absolute Gasteiger partial charge is 0.340 e. The molecule has 4 heteroatoms. The molecule has 0 radical (unpaired) electrons. The molecule has 0 heterocycles. The Morgan fingerprint density at radius 2 is 2.00 bits per heavy atom. The summed E-state index contributed by atoms with van der Waals surface area (Å²) in [6, 6.07) is 0. The lowest BCUT2D eigenvalue weighted by molar-refractivity contribution is -0.130. The summed E-state index contributed by atoms with van der Waals surface area (Å²) in [5.41, 5.74) is 0. The predicted octanol–water partition coefficient (Wildman–Crippen LogP) is 0.00940. The minimum atomic E-state index is 0.124. The molecule has 0 aliphatic heterocycles. The zero-order chi connectivity index (χ0) is 12.4. The van der Waals surface area contributed by atoms with Crippen molar-refractivity contribution in [2.24, 2.45) is 0 Å². The molecule has 0 saturated carbocycles. The van der Waals surface area contributed by atoms with Crippen molar-refractivity contribution in [2.75, 3.05) is 46.8 Å². The summed E-state index contributed by atoms with van der Waals surface area (Å²) in [6.45, 7) is 5.32. The lowest BCUT2D eigenvalue weighted by atomic mass is 10.3. The quantitative estimate of drug-likeness (QED) is 0.467. The van der Waals surface area contributed by atoms with E-state index in [0.717, 1.165) is 26.1 Å². The van der Waals surface area contributed by atoms with E-state index in [1.54, 1.807) is 0 Å². The highest BCUT2D eigenvalue weighted by molar-refractivity contribution is 5.78. The molecule has 0 atom stereocenters. The van der Waals surface area contributed by atoms with E-state index in [4.69, 9.17) is 6.42 Å². The van der Waals surface area contributed by atoms with Gasteiger partial charge in [-0.15, -0.1) is 6.42 Å². The van der Waals surface area contributed by atoms with Crippen molar-refractivity contribution >= 4 is 5.91 Å². The number of amides is 1. The van der Waals surface area contributed by atoms with Crippen LogP contribution in [-0.4, -0.2) is 62.5 Å². The highest BCUT2D eigenvalue weighted by atomic mass is 16.2. The monoisotopic (exact) mass is 225 g/mol. The van der Waals surface area contributed by atoms with Gasteiger partial charge in [0.1, 0.15) is 0 Å². The lowest BCUT2D eigenvalue weighted by Gasteiger charge is -2.24. The Bertz CT molecular complexity index is 233. The van der Waals surface area contributed by atoms with Crippen molar-refractivity contribution in [1.82, 2.24) is 15.1 Å². The Kier molecular flexibility index (Phi) is 8.59. The van der Waals surface area contributed by atoms with Gasteiger partial charge in [-0.3, -0.25) is 10.1 Å². The number of rotatable bonds is 8. The minimum Gasteiger partial charge on any atom is -0.340 e. The Labute approximate surface area is 99.0 Å². The van der Waals surface area contributed by atoms with Crippen LogP contribution in [0.1, 0.15) is 13.3 Å². The number of carbonyl (C=O) groups is 1. The number of carbonyl (C=O) groups excluding carboxylic acids is 1. The fourth-order valence-corrected chi connectivity index (χ4v) is 1.31. The van der Waals surface area contributed by atoms with Crippen molar-refractivity contribution in [3.63, 3.8) is 0 Å². The standard InChI is InChI=1S/C12H23N3O/c1-5-7-13-11-12(16)15(8-6-2)10-9-14(3)4/h1,13H,6-11H2,2-4H3. The van der Waals surface area contributed by atoms with Crippen LogP contribution in [0.5, 0.6) is 0 Å². The van der Waals surface area contributed by atoms with E-state index in [9.17, 15) is 4.79 Å². The van der Waals surface area contributed by atoms with Gasteiger partial charge in [-0.05, 0) is 20.5 Å². The summed E-state index contributed by atoms with van der Waals surface area (Å²) >= 11 is 0. The molecule has 0 aromatic heterocycles. The SMILES string of the molecule is C#CCNCC(=O)N(CCC)CCN(C)C. The Hall–Kier alpha value is -1.05. The second kappa shape index (κ2) is 9.20. The molecule has 0 aromatic rings. The van der Waals surface area contributed by atoms with Gasteiger partial charge in [-0.1, -0.05) is 12.8 Å². The fourth-order valence-electron chi connectivity index (χ4n) is 1.31. The van der Waals surface area contributed by atoms with Crippen molar-refractivity contribution in [1.29, 1.82) is 0 Å². The third-order valence-corrected chi connectivity index (χ3v) is 2.17. The molecule has 0 saturated heterocycles. The van der Waals surface area contributed by atoms with E-state index in [0.29, 0.717) is 13.1 Å². The van der Waals surface area contributed by atoms with Crippen molar-refractivity contribution in [3.05, 3.63) is 0 Å². The number of hydrogen-bond donors (Lipinski definition) is 1. The molecule has 0 aromatic carbocycles. The van der Waals surface area contributed by atoms with Crippen LogP contribution in [0.2, 0.25) is 0 Å². The molecule has 0 unspecified atom stereocenters. The summed E-state index contributed by atoms with van der Waals surface area (Å²) in [5, 5.41) is 2.92. The van der Waals surface area contributed by atoms with Gasteiger partial charge < -0.3 is 9.80 Å². The highest BCUT2D eigenvalue weighted by Gasteiger charge is 2.11. The molecule has 0 fully saturated rings. The Balaban J connectivity index is 3.98. The van der Waals surface area contributed by atoms with E-state index in [1.165, 1.54) is 0 Å². The van der Waals surface area contributed by atoms with Crippen LogP contribution in [0.4, 0.5) is 0 Å². The average Bonchev–Trinajstić information content (AvgIpc) is 2.24. The van der Waals surface area contributed by atoms with E-state index < -0.39 is 0 Å². The molecular weight excluding hydrogens is 202 g/mol. The molecule has 0 spiro atoms. The molecular formula is C12H23N3O. The maximum atomic E-state index is 11.8. The van der Waals surface area contributed by atoms with Crippen LogP contribution in [-0.2, 0) is 4.79 Å². The predicted molar refractivity (Wildman–Crippen MR) is 67.1 cm³/mol. The molecule has 0 bridgehead atoms. The molecule has 1 N–H and O–H groups in total. The van der Waals surface area contributed by atoms with Crippen LogP contribution in [0, 0.1) is 12.3 Å². The molecule has 4 nitrogen and oxygen atoms in total. The van der Waals surface area contributed by atoms with Gasteiger partial charge in [0.25, 0.3) is 0 Å². The normalized spacial score (nSPS) is 10.2. The summed E-state index contributed by atoms with van der Waals surface area (Å²) in [6.07, 6.45) is 6.08. The smallest absolute Gasteiger partial charge is 0.236 e. The fraction of sp³-hybridized carbons (Fsp3) is 0.750. The summed E-state index contributed by atoms with van der Waals surface area (Å²) in [5.74, 6) is 2.58. The van der Waals surface area contributed by atoms with Gasteiger partial charge in [-0.2, -0.15) is 0 Å². The van der Waals surface area contributed by atoms with Gasteiger partial charge in [0, 0.05) is 19.6 Å². The van der Waals surface area contributed by atoms with Gasteiger partial charge in [-0.25, -0.2) is 0 Å². The number of nitrogens with one attached hydrogen (secondary N) is 1. The Morgan fingerprint density at radius 1 is 1.31 bits per heavy atom. The average molecular weight is 225 g/mol. The minimum absolute atomic E-state index is 0.124. The van der Waals surface area contributed by atoms with Gasteiger partial charge >= 0.3 is 0 Å². The second-order valence-electron chi connectivity index (χ2n) is 3.99. The van der Waals surface area contributed by atoms with Crippen LogP contribution in [0.15, 0.2) is 0 Å². The first-order valence-electron chi connectivity index (χ1n) is 5.68. The molecule has 0 aliphatic carbocycles. The molecule has 1 amide bonds. The molecule has 16 heavy (non-hydrogen) atoms. The van der Waals surface area contributed by atoms with Gasteiger partial charge in [0.15, 0.2) is 0 Å². The second-order valence-corrected chi connectivity index (χ2v) is 3.99. The first-order valence-corrected chi connectivity index (χ1v) is 5.68. The van der Waals surface area contributed by atoms with Crippen molar-refractivity contribution in [2.45, 2.75) is 13.3 Å². The lowest BCUT2D eigenvalue weighted by Crippen LogP contribution is -2.42. The summed E-state index contributed by atoms with van der Waals surface area (Å²) in [4.78, 5) is 15.7. The highest BCUT2D eigenvalue weighted by Crippen LogP contribution is 1.93. The number of terminal acetylenes is 1. The number of nitrogens with zero attached hydrogens (tertiary/aromatic N) is 2. The van der Waals surface area contributed by atoms with Crippen LogP contribution >= 0.6 is 0 Å². The van der Waals surface area contributed by atoms with E-state index >= 15 is 0 Å². The Morgan fingerprint density at radius 3 is 2.50 bits per heavy atom. The van der Waals surface area contributed by atoms with Crippen LogP contribution in [0.25, 0.3) is 0 Å². The number of likely N-dealkylation sites (N-methyl/N-ethyl adjacent to an activating group) is 1. The molecule has 92 valence electrons. The zero-order valence-electron chi connectivity index (χ0n) is 10.6. The van der Waals surface area contributed by atoms with E-state index in [-0.39, 0.29) is 5.91 Å². The van der Waals surface area contributed by atoms with E-state index in [2.05, 4.69) is 23.1 Å². The third kappa shape index (κ3) is 7.27. The van der Waals surface area contributed by atoms with Gasteiger partial charge in [0.05, 0.1) is 13.1 Å². The third-order valence-electron chi connectivity index (χ3n) is 2.17. The maximum absolute atomic E-state index is 11.8. The number of hydrogen-bond acceptors (Lipinski definition) is 3. The van der Waals surface area contributed by atoms with Crippen LogP contribution < -0.4 is 5.32 Å². The molecule has 0 rings (SSSR count). The zero-order valence-corrected chi connectivity index (χ0v) is 10.6. The maximum Gasteiger partial charge on any atom is 0.236 e. The van der Waals surface area contributed by atoms with E-state index in [1.807, 2.05) is 19.0 Å². The van der Waals surface area contributed by atoms with Crippen LogP contribution in [0.3, 0.4) is 0 Å². The topological polar surface area (TPSA) is 35.6 Å². The first kappa shape index (κ1) is 14.9. The summed E-state index contributed by atoms with van der Waals surface area (Å²) < 4.78 is 0. The first-order chi connectivity index (χ1) is 7.61. The summed E-state index contributed by atoms with van der Waals surface area (Å²) in [7, 11) is 4.01. The molecule has 0 aliphatic rings. The van der Waals surface area contributed by atoms with Crippen molar-refractivity contribution < 1.29 is 4.79 Å².